The molecular formula is C19H21N5O4S2. The van der Waals surface area contributed by atoms with Crippen LogP contribution < -0.4 is 14.9 Å². The number of para-hydroxylation sites is 1. The molecule has 0 amide bonds. The highest BCUT2D eigenvalue weighted by Crippen LogP contribution is 2.31. The number of nitro groups is 1. The Bertz CT molecular complexity index is 1130. The van der Waals surface area contributed by atoms with Gasteiger partial charge in [-0.2, -0.15) is 0 Å². The van der Waals surface area contributed by atoms with Crippen LogP contribution >= 0.6 is 11.3 Å². The average molecular weight is 448 g/mol. The molecular weight excluding hydrogens is 426 g/mol. The molecule has 9 nitrogen and oxygen atoms in total. The van der Waals surface area contributed by atoms with E-state index < -0.39 is 14.9 Å². The van der Waals surface area contributed by atoms with Crippen LogP contribution in [0.25, 0.3) is 0 Å². The summed E-state index contributed by atoms with van der Waals surface area (Å²) >= 11 is 1.42. The van der Waals surface area contributed by atoms with Crippen LogP contribution in [0.4, 0.5) is 22.2 Å². The van der Waals surface area contributed by atoms with Crippen molar-refractivity contribution < 1.29 is 13.3 Å². The van der Waals surface area contributed by atoms with Gasteiger partial charge in [0.2, 0.25) is 0 Å². The summed E-state index contributed by atoms with van der Waals surface area (Å²) in [4.78, 5) is 15.2. The Morgan fingerprint density at radius 2 is 1.93 bits per heavy atom. The van der Waals surface area contributed by atoms with Gasteiger partial charge >= 0.3 is 0 Å². The third-order valence-electron chi connectivity index (χ3n) is 4.31. The van der Waals surface area contributed by atoms with Gasteiger partial charge in [0.05, 0.1) is 27.7 Å². The standard InChI is InChI=1S/C19H21N5O4S2/c1-3-23(15-7-5-4-6-8-15)30(27,28)16-9-10-17(18(11-16)24(25)26)21-12-14-13-29-19(20-2)22-14/h4-11,13,21H,3,12H2,1-2H3,(H,20,22). The third-order valence-corrected chi connectivity index (χ3v) is 7.12. The van der Waals surface area contributed by atoms with Crippen molar-refractivity contribution in [2.45, 2.75) is 18.4 Å². The molecule has 0 unspecified atom stereocenters. The van der Waals surface area contributed by atoms with E-state index in [0.717, 1.165) is 16.9 Å². The normalized spacial score (nSPS) is 11.1. The number of nitro benzene ring substituents is 1. The molecule has 30 heavy (non-hydrogen) atoms. The zero-order chi connectivity index (χ0) is 21.7. The summed E-state index contributed by atoms with van der Waals surface area (Å²) in [6, 6.07) is 12.5. The number of nitrogens with zero attached hydrogens (tertiary/aromatic N) is 3. The second kappa shape index (κ2) is 9.09. The van der Waals surface area contributed by atoms with E-state index in [4.69, 9.17) is 0 Å². The van der Waals surface area contributed by atoms with Gasteiger partial charge in [-0.1, -0.05) is 18.2 Å². The van der Waals surface area contributed by atoms with Crippen molar-refractivity contribution >= 4 is 43.6 Å². The number of rotatable bonds is 9. The first-order valence-corrected chi connectivity index (χ1v) is 11.4. The van der Waals surface area contributed by atoms with Gasteiger partial charge in [-0.05, 0) is 31.2 Å². The molecule has 0 spiro atoms. The van der Waals surface area contributed by atoms with Crippen LogP contribution in [0.2, 0.25) is 0 Å². The Balaban J connectivity index is 1.90. The van der Waals surface area contributed by atoms with Crippen molar-refractivity contribution in [2.24, 2.45) is 0 Å². The van der Waals surface area contributed by atoms with E-state index >= 15 is 0 Å². The lowest BCUT2D eigenvalue weighted by Gasteiger charge is -2.23. The quantitative estimate of drug-likeness (QED) is 0.377. The zero-order valence-electron chi connectivity index (χ0n) is 16.4. The Morgan fingerprint density at radius 1 is 1.20 bits per heavy atom. The maximum Gasteiger partial charge on any atom is 0.293 e. The monoisotopic (exact) mass is 447 g/mol. The van der Waals surface area contributed by atoms with Gasteiger partial charge in [0, 0.05) is 25.0 Å². The number of benzene rings is 2. The largest absolute Gasteiger partial charge is 0.374 e. The van der Waals surface area contributed by atoms with Crippen molar-refractivity contribution in [1.82, 2.24) is 4.98 Å². The Labute approximate surface area is 178 Å². The molecule has 0 radical (unpaired) electrons. The lowest BCUT2D eigenvalue weighted by atomic mass is 10.2. The van der Waals surface area contributed by atoms with Gasteiger partial charge in [0.25, 0.3) is 15.7 Å². The molecule has 1 heterocycles. The molecule has 158 valence electrons. The van der Waals surface area contributed by atoms with Gasteiger partial charge in [-0.3, -0.25) is 14.4 Å². The first-order chi connectivity index (χ1) is 14.4. The first-order valence-electron chi connectivity index (χ1n) is 9.09. The van der Waals surface area contributed by atoms with E-state index in [2.05, 4.69) is 15.6 Å². The number of anilines is 3. The maximum absolute atomic E-state index is 13.1. The first kappa shape index (κ1) is 21.5. The van der Waals surface area contributed by atoms with E-state index in [9.17, 15) is 18.5 Å². The summed E-state index contributed by atoms with van der Waals surface area (Å²) in [7, 11) is -2.20. The molecule has 0 saturated heterocycles. The van der Waals surface area contributed by atoms with Crippen LogP contribution in [0.15, 0.2) is 58.8 Å². The molecule has 11 heteroatoms. The van der Waals surface area contributed by atoms with Gasteiger partial charge < -0.3 is 10.6 Å². The van der Waals surface area contributed by atoms with E-state index in [1.165, 1.54) is 27.8 Å². The van der Waals surface area contributed by atoms with E-state index in [1.807, 2.05) is 5.38 Å². The maximum atomic E-state index is 13.1. The van der Waals surface area contributed by atoms with Gasteiger partial charge in [0.15, 0.2) is 5.13 Å². The Kier molecular flexibility index (Phi) is 6.53. The summed E-state index contributed by atoms with van der Waals surface area (Å²) in [5.41, 5.74) is 1.12. The van der Waals surface area contributed by atoms with Crippen molar-refractivity contribution in [2.75, 3.05) is 28.5 Å². The molecule has 3 aromatic rings. The van der Waals surface area contributed by atoms with E-state index in [1.54, 1.807) is 44.3 Å². The number of sulfonamides is 1. The van der Waals surface area contributed by atoms with Gasteiger partial charge in [-0.25, -0.2) is 13.4 Å². The molecule has 0 bridgehead atoms. The molecule has 0 saturated carbocycles. The number of nitrogens with one attached hydrogen (secondary N) is 2. The van der Waals surface area contributed by atoms with E-state index in [0.29, 0.717) is 5.69 Å². The fraction of sp³-hybridized carbons (Fsp3) is 0.211. The highest BCUT2D eigenvalue weighted by atomic mass is 32.2. The molecule has 2 aromatic carbocycles. The number of hydrogen-bond acceptors (Lipinski definition) is 8. The molecule has 0 atom stereocenters. The Hall–Kier alpha value is -3.18. The second-order valence-electron chi connectivity index (χ2n) is 6.19. The SMILES string of the molecule is CCN(c1ccccc1)S(=O)(=O)c1ccc(NCc2csc(NC)n2)c([N+](=O)[O-])c1. The van der Waals surface area contributed by atoms with Crippen molar-refractivity contribution in [3.8, 4) is 0 Å². The van der Waals surface area contributed by atoms with Crippen molar-refractivity contribution in [1.29, 1.82) is 0 Å². The van der Waals surface area contributed by atoms with Crippen LogP contribution in [0.5, 0.6) is 0 Å². The fourth-order valence-electron chi connectivity index (χ4n) is 2.87. The lowest BCUT2D eigenvalue weighted by molar-refractivity contribution is -0.384. The summed E-state index contributed by atoms with van der Waals surface area (Å²) in [6.45, 7) is 2.18. The van der Waals surface area contributed by atoms with Crippen LogP contribution in [0, 0.1) is 10.1 Å². The number of aromatic nitrogens is 1. The minimum Gasteiger partial charge on any atom is -0.374 e. The topological polar surface area (TPSA) is 117 Å². The molecule has 2 N–H and O–H groups in total. The minimum absolute atomic E-state index is 0.142. The van der Waals surface area contributed by atoms with Gasteiger partial charge in [0.1, 0.15) is 5.69 Å². The predicted octanol–water partition coefficient (Wildman–Crippen LogP) is 3.92. The van der Waals surface area contributed by atoms with Gasteiger partial charge in [-0.15, -0.1) is 11.3 Å². The summed E-state index contributed by atoms with van der Waals surface area (Å²) in [6.07, 6.45) is 0. The average Bonchev–Trinajstić information content (AvgIpc) is 3.21. The van der Waals surface area contributed by atoms with Crippen LogP contribution in [0.3, 0.4) is 0 Å². The molecule has 0 aliphatic rings. The lowest BCUT2D eigenvalue weighted by Crippen LogP contribution is -2.30. The minimum atomic E-state index is -3.96. The fourth-order valence-corrected chi connectivity index (χ4v) is 5.04. The molecule has 0 fully saturated rings. The molecule has 3 rings (SSSR count). The summed E-state index contributed by atoms with van der Waals surface area (Å²) in [5.74, 6) is 0. The Morgan fingerprint density at radius 3 is 2.53 bits per heavy atom. The van der Waals surface area contributed by atoms with Crippen LogP contribution in [-0.2, 0) is 16.6 Å². The van der Waals surface area contributed by atoms with Crippen molar-refractivity contribution in [3.63, 3.8) is 0 Å². The molecule has 0 aliphatic heterocycles. The summed E-state index contributed by atoms with van der Waals surface area (Å²) < 4.78 is 27.5. The van der Waals surface area contributed by atoms with Crippen LogP contribution in [0.1, 0.15) is 12.6 Å². The van der Waals surface area contributed by atoms with Crippen molar-refractivity contribution in [3.05, 3.63) is 69.7 Å². The number of hydrogen-bond donors (Lipinski definition) is 2. The summed E-state index contributed by atoms with van der Waals surface area (Å²) in [5, 5.41) is 20.1. The molecule has 1 aromatic heterocycles. The zero-order valence-corrected chi connectivity index (χ0v) is 18.0. The smallest absolute Gasteiger partial charge is 0.293 e. The second-order valence-corrected chi connectivity index (χ2v) is 8.91. The van der Waals surface area contributed by atoms with E-state index in [-0.39, 0.29) is 29.4 Å². The highest BCUT2D eigenvalue weighted by Gasteiger charge is 2.27. The predicted molar refractivity (Wildman–Crippen MR) is 119 cm³/mol. The van der Waals surface area contributed by atoms with Crippen LogP contribution in [-0.4, -0.2) is 31.9 Å². The molecule has 0 aliphatic carbocycles. The number of thiazole rings is 1. The third kappa shape index (κ3) is 4.52. The highest BCUT2D eigenvalue weighted by molar-refractivity contribution is 7.92.